The van der Waals surface area contributed by atoms with Gasteiger partial charge < -0.3 is 10.1 Å². The molecule has 0 amide bonds. The second-order valence-corrected chi connectivity index (χ2v) is 8.64. The first kappa shape index (κ1) is 16.0. The molecule has 0 atom stereocenters. The van der Waals surface area contributed by atoms with Crippen LogP contribution < -0.4 is 5.32 Å². The first-order chi connectivity index (χ1) is 12.4. The van der Waals surface area contributed by atoms with Crippen LogP contribution in [0.2, 0.25) is 0 Å². The lowest BCUT2D eigenvalue weighted by atomic mass is 9.90. The molecule has 6 heteroatoms. The van der Waals surface area contributed by atoms with Crippen LogP contribution in [0.25, 0.3) is 10.2 Å². The van der Waals surface area contributed by atoms with Gasteiger partial charge in [-0.1, -0.05) is 0 Å². The summed E-state index contributed by atoms with van der Waals surface area (Å²) in [7, 11) is 0. The molecular weight excluding hydrogens is 332 g/mol. The summed E-state index contributed by atoms with van der Waals surface area (Å²) >= 11 is 1.87. The first-order valence-corrected chi connectivity index (χ1v) is 10.5. The third-order valence-electron chi connectivity index (χ3n) is 6.10. The van der Waals surface area contributed by atoms with Crippen molar-refractivity contribution in [2.45, 2.75) is 57.0 Å². The predicted octanol–water partition coefficient (Wildman–Crippen LogP) is 3.24. The average Bonchev–Trinajstić information content (AvgIpc) is 3.24. The van der Waals surface area contributed by atoms with Crippen LogP contribution in [0.15, 0.2) is 6.33 Å². The van der Waals surface area contributed by atoms with Gasteiger partial charge in [0.2, 0.25) is 0 Å². The number of nitrogens with one attached hydrogen (secondary N) is 1. The van der Waals surface area contributed by atoms with Gasteiger partial charge in [0.25, 0.3) is 0 Å². The molecule has 1 saturated carbocycles. The summed E-state index contributed by atoms with van der Waals surface area (Å²) in [6, 6.07) is 1.30. The van der Waals surface area contributed by atoms with Gasteiger partial charge in [0, 0.05) is 30.1 Å². The molecule has 2 aromatic heterocycles. The van der Waals surface area contributed by atoms with E-state index < -0.39 is 0 Å². The summed E-state index contributed by atoms with van der Waals surface area (Å²) in [6.45, 7) is 4.02. The third kappa shape index (κ3) is 3.04. The highest BCUT2D eigenvalue weighted by atomic mass is 32.1. The van der Waals surface area contributed by atoms with Crippen LogP contribution in [-0.4, -0.2) is 53.3 Å². The topological polar surface area (TPSA) is 50.3 Å². The van der Waals surface area contributed by atoms with E-state index in [0.717, 1.165) is 38.2 Å². The molecule has 5 nitrogen and oxygen atoms in total. The van der Waals surface area contributed by atoms with E-state index >= 15 is 0 Å². The maximum Gasteiger partial charge on any atom is 0.138 e. The Morgan fingerprint density at radius 3 is 2.76 bits per heavy atom. The largest absolute Gasteiger partial charge is 0.379 e. The van der Waals surface area contributed by atoms with Crippen molar-refractivity contribution < 1.29 is 4.74 Å². The van der Waals surface area contributed by atoms with Crippen molar-refractivity contribution in [3.63, 3.8) is 0 Å². The summed E-state index contributed by atoms with van der Waals surface area (Å²) < 4.78 is 5.49. The summed E-state index contributed by atoms with van der Waals surface area (Å²) in [4.78, 5) is 14.5. The SMILES string of the molecule is c1nc(N[C@H]2CC[C@H](N3CCOCC3)CC2)c2c3c(sc2n1)CCC3. The van der Waals surface area contributed by atoms with Gasteiger partial charge in [0.05, 0.1) is 18.6 Å². The fourth-order valence-electron chi connectivity index (χ4n) is 4.76. The summed E-state index contributed by atoms with van der Waals surface area (Å²) in [6.07, 6.45) is 10.5. The Kier molecular flexibility index (Phi) is 4.36. The van der Waals surface area contributed by atoms with Crippen molar-refractivity contribution in [3.05, 3.63) is 16.8 Å². The van der Waals surface area contributed by atoms with Gasteiger partial charge in [-0.2, -0.15) is 0 Å². The molecule has 1 aliphatic heterocycles. The van der Waals surface area contributed by atoms with E-state index in [1.54, 1.807) is 6.33 Å². The van der Waals surface area contributed by atoms with E-state index in [1.807, 2.05) is 11.3 Å². The molecule has 2 aliphatic carbocycles. The fraction of sp³-hybridized carbons (Fsp3) is 0.684. The number of ether oxygens (including phenoxy) is 1. The molecule has 134 valence electrons. The number of rotatable bonds is 3. The minimum absolute atomic E-state index is 0.548. The molecule has 1 N–H and O–H groups in total. The van der Waals surface area contributed by atoms with Crippen molar-refractivity contribution in [1.82, 2.24) is 14.9 Å². The molecule has 0 unspecified atom stereocenters. The lowest BCUT2D eigenvalue weighted by molar-refractivity contribution is 0.00791. The van der Waals surface area contributed by atoms with Gasteiger partial charge >= 0.3 is 0 Å². The molecule has 0 aromatic carbocycles. The number of nitrogens with zero attached hydrogens (tertiary/aromatic N) is 3. The molecule has 3 aliphatic rings. The minimum Gasteiger partial charge on any atom is -0.379 e. The zero-order valence-electron chi connectivity index (χ0n) is 14.7. The van der Waals surface area contributed by atoms with Crippen LogP contribution in [0.5, 0.6) is 0 Å². The third-order valence-corrected chi connectivity index (χ3v) is 7.30. The van der Waals surface area contributed by atoms with Crippen molar-refractivity contribution in [3.8, 4) is 0 Å². The first-order valence-electron chi connectivity index (χ1n) is 9.72. The highest BCUT2D eigenvalue weighted by Crippen LogP contribution is 2.39. The Hall–Kier alpha value is -1.24. The molecule has 5 rings (SSSR count). The number of anilines is 1. The van der Waals surface area contributed by atoms with Gasteiger partial charge in [0.15, 0.2) is 0 Å². The molecule has 2 fully saturated rings. The number of aryl methyl sites for hydroxylation is 2. The maximum atomic E-state index is 5.49. The van der Waals surface area contributed by atoms with E-state index in [0.29, 0.717) is 6.04 Å². The Balaban J connectivity index is 1.28. The number of hydrogen-bond acceptors (Lipinski definition) is 6. The smallest absolute Gasteiger partial charge is 0.138 e. The standard InChI is InChI=1S/C19H26N4OS/c1-2-15-16(3-1)25-19-17(15)18(20-12-21-19)22-13-4-6-14(7-5-13)23-8-10-24-11-9-23/h12-14H,1-11H2,(H,20,21,22)/t13-,14-. The Morgan fingerprint density at radius 1 is 1.08 bits per heavy atom. The second-order valence-electron chi connectivity index (χ2n) is 7.56. The molecule has 3 heterocycles. The van der Waals surface area contributed by atoms with E-state index in [2.05, 4.69) is 20.2 Å². The fourth-order valence-corrected chi connectivity index (χ4v) is 5.99. The Labute approximate surface area is 152 Å². The van der Waals surface area contributed by atoms with E-state index in [1.165, 1.54) is 65.6 Å². The lowest BCUT2D eigenvalue weighted by Crippen LogP contribution is -2.46. The summed E-state index contributed by atoms with van der Waals surface area (Å²) in [5.74, 6) is 1.08. The minimum atomic E-state index is 0.548. The average molecular weight is 359 g/mol. The van der Waals surface area contributed by atoms with Crippen LogP contribution in [0.3, 0.4) is 0 Å². The van der Waals surface area contributed by atoms with Crippen LogP contribution in [0.4, 0.5) is 5.82 Å². The van der Waals surface area contributed by atoms with Gasteiger partial charge in [-0.15, -0.1) is 11.3 Å². The van der Waals surface area contributed by atoms with Gasteiger partial charge in [-0.3, -0.25) is 4.90 Å². The predicted molar refractivity (Wildman–Crippen MR) is 101 cm³/mol. The van der Waals surface area contributed by atoms with Gasteiger partial charge in [0.1, 0.15) is 17.0 Å². The molecule has 0 spiro atoms. The van der Waals surface area contributed by atoms with Crippen LogP contribution in [-0.2, 0) is 17.6 Å². The van der Waals surface area contributed by atoms with Crippen molar-refractivity contribution >= 4 is 27.4 Å². The number of aromatic nitrogens is 2. The highest BCUT2D eigenvalue weighted by Gasteiger charge is 2.28. The van der Waals surface area contributed by atoms with Crippen LogP contribution >= 0.6 is 11.3 Å². The second kappa shape index (κ2) is 6.82. The van der Waals surface area contributed by atoms with E-state index in [-0.39, 0.29) is 0 Å². The number of hydrogen-bond donors (Lipinski definition) is 1. The zero-order chi connectivity index (χ0) is 16.6. The number of morpholine rings is 1. The maximum absolute atomic E-state index is 5.49. The Bertz CT molecular complexity index is 747. The zero-order valence-corrected chi connectivity index (χ0v) is 15.5. The molecule has 0 bridgehead atoms. The molecule has 1 saturated heterocycles. The molecule has 2 aromatic rings. The molecule has 25 heavy (non-hydrogen) atoms. The number of fused-ring (bicyclic) bond motifs is 3. The lowest BCUT2D eigenvalue weighted by Gasteiger charge is -2.39. The summed E-state index contributed by atoms with van der Waals surface area (Å²) in [5.41, 5.74) is 1.52. The van der Waals surface area contributed by atoms with Crippen molar-refractivity contribution in [2.75, 3.05) is 31.6 Å². The van der Waals surface area contributed by atoms with E-state index in [4.69, 9.17) is 4.74 Å². The number of thiophene rings is 1. The normalized spacial score (nSPS) is 27.5. The molecular formula is C19H26N4OS. The Morgan fingerprint density at radius 2 is 1.92 bits per heavy atom. The van der Waals surface area contributed by atoms with Crippen molar-refractivity contribution in [2.24, 2.45) is 0 Å². The van der Waals surface area contributed by atoms with E-state index in [9.17, 15) is 0 Å². The van der Waals surface area contributed by atoms with Gasteiger partial charge in [-0.05, 0) is 50.5 Å². The van der Waals surface area contributed by atoms with Crippen molar-refractivity contribution in [1.29, 1.82) is 0 Å². The van der Waals surface area contributed by atoms with Crippen LogP contribution in [0.1, 0.15) is 42.5 Å². The highest BCUT2D eigenvalue weighted by molar-refractivity contribution is 7.19. The monoisotopic (exact) mass is 358 g/mol. The quantitative estimate of drug-likeness (QED) is 0.913. The van der Waals surface area contributed by atoms with Gasteiger partial charge in [-0.25, -0.2) is 9.97 Å². The van der Waals surface area contributed by atoms with Crippen LogP contribution in [0, 0.1) is 0 Å². The molecule has 0 radical (unpaired) electrons. The summed E-state index contributed by atoms with van der Waals surface area (Å²) in [5, 5.41) is 5.09.